The van der Waals surface area contributed by atoms with Crippen LogP contribution in [0.3, 0.4) is 0 Å². The van der Waals surface area contributed by atoms with Crippen molar-refractivity contribution in [1.29, 1.82) is 0 Å². The summed E-state index contributed by atoms with van der Waals surface area (Å²) >= 11 is 0. The van der Waals surface area contributed by atoms with Crippen LogP contribution < -0.4 is 0 Å². The minimum atomic E-state index is -0.906. The van der Waals surface area contributed by atoms with E-state index in [9.17, 15) is 9.18 Å². The van der Waals surface area contributed by atoms with E-state index in [2.05, 4.69) is 0 Å². The van der Waals surface area contributed by atoms with E-state index in [1.54, 1.807) is 0 Å². The quantitative estimate of drug-likeness (QED) is 0.698. The van der Waals surface area contributed by atoms with Gasteiger partial charge in [-0.25, -0.2) is 4.39 Å². The largest absolute Gasteiger partial charge is 0.481 e. The maximum Gasteiger partial charge on any atom is 0.307 e. The van der Waals surface area contributed by atoms with Gasteiger partial charge in [0.1, 0.15) is 5.82 Å². The van der Waals surface area contributed by atoms with Gasteiger partial charge in [-0.05, 0) is 17.7 Å². The van der Waals surface area contributed by atoms with Gasteiger partial charge in [-0.1, -0.05) is 12.1 Å². The van der Waals surface area contributed by atoms with Gasteiger partial charge in [-0.2, -0.15) is 0 Å². The molecule has 3 heteroatoms. The molecule has 1 N–H and O–H groups in total. The number of hydrogen-bond donors (Lipinski definition) is 1. The highest BCUT2D eigenvalue weighted by Crippen LogP contribution is 2.02. The summed E-state index contributed by atoms with van der Waals surface area (Å²) in [5, 5.41) is 8.34. The Morgan fingerprint density at radius 3 is 2.36 bits per heavy atom. The van der Waals surface area contributed by atoms with Crippen LogP contribution in [0.15, 0.2) is 24.3 Å². The number of halogens is 1. The molecule has 0 aliphatic rings. The van der Waals surface area contributed by atoms with E-state index < -0.39 is 5.97 Å². The van der Waals surface area contributed by atoms with Crippen LogP contribution in [0, 0.1) is 5.82 Å². The summed E-state index contributed by atoms with van der Waals surface area (Å²) in [7, 11) is 0. The number of carboxylic acids is 1. The molecule has 0 radical (unpaired) electrons. The van der Waals surface area contributed by atoms with Gasteiger partial charge in [0.15, 0.2) is 0 Å². The summed E-state index contributed by atoms with van der Waals surface area (Å²) in [4.78, 5) is 10.2. The smallest absolute Gasteiger partial charge is 0.307 e. The van der Waals surface area contributed by atoms with Gasteiger partial charge in [0.25, 0.3) is 0 Å². The molecule has 11 heavy (non-hydrogen) atoms. The summed E-state index contributed by atoms with van der Waals surface area (Å²) in [5.74, 6) is -1.25. The van der Waals surface area contributed by atoms with Crippen LogP contribution in [0.1, 0.15) is 5.56 Å². The standard InChI is InChI=1S/C8H7FO2/c9-7-3-1-6(2-4-7)5-8(10)11/h1-4H,5H2,(H,10,11)/i8-1. The molecule has 0 atom stereocenters. The number of aliphatic carboxylic acids is 1. The van der Waals surface area contributed by atoms with Crippen molar-refractivity contribution in [3.05, 3.63) is 35.6 Å². The molecule has 1 rings (SSSR count). The van der Waals surface area contributed by atoms with Crippen molar-refractivity contribution in [2.75, 3.05) is 0 Å². The first-order valence-corrected chi connectivity index (χ1v) is 3.15. The van der Waals surface area contributed by atoms with Gasteiger partial charge < -0.3 is 5.11 Å². The fraction of sp³-hybridized carbons (Fsp3) is 0.125. The van der Waals surface area contributed by atoms with Crippen LogP contribution in [0.4, 0.5) is 4.39 Å². The molecule has 0 heterocycles. The van der Waals surface area contributed by atoms with Crippen LogP contribution in [-0.4, -0.2) is 11.1 Å². The van der Waals surface area contributed by atoms with Crippen molar-refractivity contribution in [3.8, 4) is 0 Å². The van der Waals surface area contributed by atoms with Crippen molar-refractivity contribution >= 4 is 5.97 Å². The predicted octanol–water partition coefficient (Wildman–Crippen LogP) is 1.45. The van der Waals surface area contributed by atoms with Crippen LogP contribution >= 0.6 is 0 Å². The Hall–Kier alpha value is -1.38. The molecule has 0 fully saturated rings. The summed E-state index contributed by atoms with van der Waals surface area (Å²) in [6.45, 7) is 0. The monoisotopic (exact) mass is 153 g/mol. The molecule has 0 saturated carbocycles. The van der Waals surface area contributed by atoms with Gasteiger partial charge in [0.05, 0.1) is 6.42 Å². The van der Waals surface area contributed by atoms with Crippen molar-refractivity contribution in [2.24, 2.45) is 0 Å². The molecule has 0 bridgehead atoms. The van der Waals surface area contributed by atoms with Crippen LogP contribution in [0.5, 0.6) is 0 Å². The molecular weight excluding hydrogens is 146 g/mol. The molecule has 0 aliphatic heterocycles. The number of carboxylic acid groups (broad SMARTS) is 1. The first-order valence-electron chi connectivity index (χ1n) is 3.15. The van der Waals surface area contributed by atoms with Crippen molar-refractivity contribution in [1.82, 2.24) is 0 Å². The zero-order valence-corrected chi connectivity index (χ0v) is 5.75. The highest BCUT2D eigenvalue weighted by atomic mass is 19.1. The van der Waals surface area contributed by atoms with E-state index in [0.29, 0.717) is 5.56 Å². The van der Waals surface area contributed by atoms with Gasteiger partial charge in [-0.3, -0.25) is 4.79 Å². The highest BCUT2D eigenvalue weighted by Gasteiger charge is 1.98. The normalized spacial score (nSPS) is 9.55. The zero-order chi connectivity index (χ0) is 8.27. The minimum Gasteiger partial charge on any atom is -0.481 e. The lowest BCUT2D eigenvalue weighted by Gasteiger charge is -1.94. The topological polar surface area (TPSA) is 37.3 Å². The van der Waals surface area contributed by atoms with E-state index in [-0.39, 0.29) is 12.2 Å². The molecular formula is C8H7FO2. The lowest BCUT2D eigenvalue weighted by atomic mass is 9.95. The summed E-state index contributed by atoms with van der Waals surface area (Å²) in [6, 6.07) is 5.42. The van der Waals surface area contributed by atoms with Crippen LogP contribution in [0.2, 0.25) is 0 Å². The fourth-order valence-electron chi connectivity index (χ4n) is 0.777. The maximum atomic E-state index is 12.3. The van der Waals surface area contributed by atoms with Crippen molar-refractivity contribution < 1.29 is 14.3 Å². The minimum absolute atomic E-state index is 0.0553. The third-order valence-corrected chi connectivity index (χ3v) is 1.27. The molecule has 1 aromatic carbocycles. The number of carbonyl (C=O) groups is 1. The van der Waals surface area contributed by atoms with Gasteiger partial charge >= 0.3 is 5.97 Å². The van der Waals surface area contributed by atoms with Crippen LogP contribution in [0.25, 0.3) is 0 Å². The zero-order valence-electron chi connectivity index (χ0n) is 5.75. The van der Waals surface area contributed by atoms with Crippen molar-refractivity contribution in [2.45, 2.75) is 6.42 Å². The van der Waals surface area contributed by atoms with E-state index in [4.69, 9.17) is 5.11 Å². The summed E-state index contributed by atoms with van der Waals surface area (Å²) in [6.07, 6.45) is -0.0553. The average molecular weight is 153 g/mol. The molecule has 0 unspecified atom stereocenters. The summed E-state index contributed by atoms with van der Waals surface area (Å²) in [5.41, 5.74) is 0.610. The van der Waals surface area contributed by atoms with E-state index >= 15 is 0 Å². The Kier molecular flexibility index (Phi) is 2.21. The Balaban J connectivity index is 2.74. The lowest BCUT2D eigenvalue weighted by Crippen LogP contribution is -1.99. The fourth-order valence-corrected chi connectivity index (χ4v) is 0.777. The van der Waals surface area contributed by atoms with Crippen LogP contribution in [-0.2, 0) is 11.2 Å². The summed E-state index contributed by atoms with van der Waals surface area (Å²) < 4.78 is 12.3. The second-order valence-electron chi connectivity index (χ2n) is 2.20. The third-order valence-electron chi connectivity index (χ3n) is 1.27. The molecule has 0 amide bonds. The van der Waals surface area contributed by atoms with Gasteiger partial charge in [0, 0.05) is 0 Å². The second-order valence-corrected chi connectivity index (χ2v) is 2.20. The molecule has 0 aliphatic carbocycles. The Labute approximate surface area is 63.3 Å². The number of hydrogen-bond acceptors (Lipinski definition) is 1. The van der Waals surface area contributed by atoms with E-state index in [1.807, 2.05) is 0 Å². The average Bonchev–Trinajstić information content (AvgIpc) is 1.93. The molecule has 2 nitrogen and oxygen atoms in total. The van der Waals surface area contributed by atoms with E-state index in [0.717, 1.165) is 0 Å². The SMILES string of the molecule is O=[11C](O)Cc1ccc(F)cc1. The van der Waals surface area contributed by atoms with Gasteiger partial charge in [0.2, 0.25) is 0 Å². The molecule has 0 aromatic heterocycles. The first-order chi connectivity index (χ1) is 5.18. The van der Waals surface area contributed by atoms with E-state index in [1.165, 1.54) is 24.3 Å². The molecule has 0 spiro atoms. The Morgan fingerprint density at radius 1 is 1.36 bits per heavy atom. The second kappa shape index (κ2) is 3.14. The molecule has 0 saturated heterocycles. The maximum absolute atomic E-state index is 12.3. The molecule has 58 valence electrons. The Bertz CT molecular complexity index is 253. The number of rotatable bonds is 2. The van der Waals surface area contributed by atoms with Crippen molar-refractivity contribution in [3.63, 3.8) is 0 Å². The highest BCUT2D eigenvalue weighted by molar-refractivity contribution is 5.70. The lowest BCUT2D eigenvalue weighted by molar-refractivity contribution is -0.136. The number of benzene rings is 1. The van der Waals surface area contributed by atoms with Gasteiger partial charge in [-0.15, -0.1) is 0 Å². The molecule has 1 aromatic rings. The third kappa shape index (κ3) is 2.37. The predicted molar refractivity (Wildman–Crippen MR) is 37.7 cm³/mol. The Morgan fingerprint density at radius 2 is 1.91 bits per heavy atom. The first kappa shape index (κ1) is 7.72.